The fourth-order valence-electron chi connectivity index (χ4n) is 2.99. The number of hydrogen-bond acceptors (Lipinski definition) is 5. The molecule has 8 heteroatoms. The number of ether oxygens (including phenoxy) is 1. The smallest absolute Gasteiger partial charge is 0.309 e. The second-order valence-corrected chi connectivity index (χ2v) is 8.41. The third kappa shape index (κ3) is 5.04. The zero-order valence-electron chi connectivity index (χ0n) is 15.3. The molecular formula is C18H26N2O5S. The van der Waals surface area contributed by atoms with Crippen molar-refractivity contribution in [3.63, 3.8) is 0 Å². The van der Waals surface area contributed by atoms with E-state index in [0.29, 0.717) is 32.5 Å². The van der Waals surface area contributed by atoms with Gasteiger partial charge in [0.05, 0.1) is 11.7 Å². The first-order valence-electron chi connectivity index (χ1n) is 8.89. The van der Waals surface area contributed by atoms with Crippen LogP contribution in [-0.4, -0.2) is 56.6 Å². The summed E-state index contributed by atoms with van der Waals surface area (Å²) >= 11 is 0. The molecule has 0 atom stereocenters. The van der Waals surface area contributed by atoms with Gasteiger partial charge in [-0.05, 0) is 38.8 Å². The summed E-state index contributed by atoms with van der Waals surface area (Å²) in [6.45, 7) is 4.26. The molecule has 0 aliphatic carbocycles. The number of piperidine rings is 1. The number of carbonyl (C=O) groups is 2. The van der Waals surface area contributed by atoms with Crippen molar-refractivity contribution in [3.05, 3.63) is 30.3 Å². The summed E-state index contributed by atoms with van der Waals surface area (Å²) in [5.74, 6) is -1.02. The fraction of sp³-hybridized carbons (Fsp3) is 0.556. The maximum absolute atomic E-state index is 12.3. The molecule has 1 aromatic rings. The summed E-state index contributed by atoms with van der Waals surface area (Å²) in [6, 6.07) is 9.21. The highest BCUT2D eigenvalue weighted by Gasteiger charge is 2.31. The van der Waals surface area contributed by atoms with E-state index in [1.165, 1.54) is 4.31 Å². The highest BCUT2D eigenvalue weighted by atomic mass is 32.2. The number of rotatable bonds is 7. The van der Waals surface area contributed by atoms with Gasteiger partial charge in [0.1, 0.15) is 0 Å². The van der Waals surface area contributed by atoms with Crippen molar-refractivity contribution in [2.24, 2.45) is 5.92 Å². The minimum absolute atomic E-state index is 0.0585. The van der Waals surface area contributed by atoms with E-state index in [1.54, 1.807) is 11.8 Å². The molecule has 7 nitrogen and oxygen atoms in total. The van der Waals surface area contributed by atoms with E-state index in [1.807, 2.05) is 37.3 Å². The molecule has 1 saturated heterocycles. The molecule has 0 spiro atoms. The Bertz CT molecular complexity index is 712. The minimum atomic E-state index is -3.22. The molecule has 2 rings (SSSR count). The van der Waals surface area contributed by atoms with Gasteiger partial charge in [0.2, 0.25) is 10.0 Å². The molecule has 1 aromatic carbocycles. The Kier molecular flexibility index (Phi) is 7.16. The Labute approximate surface area is 155 Å². The van der Waals surface area contributed by atoms with Crippen LogP contribution in [0.4, 0.5) is 5.69 Å². The molecule has 0 N–H and O–H groups in total. The number of nitrogens with zero attached hydrogens (tertiary/aromatic N) is 2. The summed E-state index contributed by atoms with van der Waals surface area (Å²) in [4.78, 5) is 26.1. The topological polar surface area (TPSA) is 84.0 Å². The third-order valence-electron chi connectivity index (χ3n) is 4.57. The van der Waals surface area contributed by atoms with Crippen molar-refractivity contribution in [2.45, 2.75) is 26.7 Å². The van der Waals surface area contributed by atoms with Gasteiger partial charge >= 0.3 is 5.97 Å². The van der Waals surface area contributed by atoms with Crippen molar-refractivity contribution in [2.75, 3.05) is 36.9 Å². The fourth-order valence-corrected chi connectivity index (χ4v) is 4.12. The number of para-hydroxylation sites is 1. The standard InChI is InChI=1S/C18H26N2O5S/c1-3-20(16-8-6-5-7-9-16)17(21)14-25-18(22)15-10-12-19(13-11-15)26(23,24)4-2/h5-9,15H,3-4,10-14H2,1-2H3. The second kappa shape index (κ2) is 9.14. The maximum atomic E-state index is 12.3. The van der Waals surface area contributed by atoms with Crippen LogP contribution in [0, 0.1) is 5.92 Å². The van der Waals surface area contributed by atoms with E-state index in [-0.39, 0.29) is 24.2 Å². The first-order chi connectivity index (χ1) is 12.4. The summed E-state index contributed by atoms with van der Waals surface area (Å²) in [5.41, 5.74) is 0.758. The SMILES string of the molecule is CCN(C(=O)COC(=O)C1CCN(S(=O)(=O)CC)CC1)c1ccccc1. The van der Waals surface area contributed by atoms with Crippen molar-refractivity contribution >= 4 is 27.6 Å². The van der Waals surface area contributed by atoms with Gasteiger partial charge in [0.25, 0.3) is 5.91 Å². The lowest BCUT2D eigenvalue weighted by Crippen LogP contribution is -2.42. The van der Waals surface area contributed by atoms with Crippen molar-refractivity contribution in [3.8, 4) is 0 Å². The van der Waals surface area contributed by atoms with E-state index < -0.39 is 16.0 Å². The average molecular weight is 382 g/mol. The first kappa shape index (κ1) is 20.4. The van der Waals surface area contributed by atoms with Crippen molar-refractivity contribution < 1.29 is 22.7 Å². The molecule has 144 valence electrons. The van der Waals surface area contributed by atoms with Gasteiger partial charge in [-0.25, -0.2) is 12.7 Å². The summed E-state index contributed by atoms with van der Waals surface area (Å²) in [5, 5.41) is 0. The monoisotopic (exact) mass is 382 g/mol. The van der Waals surface area contributed by atoms with Crippen molar-refractivity contribution in [1.82, 2.24) is 4.31 Å². The lowest BCUT2D eigenvalue weighted by molar-refractivity contribution is -0.153. The average Bonchev–Trinajstić information content (AvgIpc) is 2.67. The summed E-state index contributed by atoms with van der Waals surface area (Å²) < 4.78 is 30.3. The number of likely N-dealkylation sites (N-methyl/N-ethyl adjacent to an activating group) is 1. The van der Waals surface area contributed by atoms with Gasteiger partial charge in [-0.3, -0.25) is 9.59 Å². The van der Waals surface area contributed by atoms with Crippen LogP contribution in [0.2, 0.25) is 0 Å². The Morgan fingerprint density at radius 1 is 1.15 bits per heavy atom. The highest BCUT2D eigenvalue weighted by Crippen LogP contribution is 2.21. The number of sulfonamides is 1. The highest BCUT2D eigenvalue weighted by molar-refractivity contribution is 7.89. The van der Waals surface area contributed by atoms with Crippen LogP contribution in [0.15, 0.2) is 30.3 Å². The number of anilines is 1. The van der Waals surface area contributed by atoms with Gasteiger partial charge < -0.3 is 9.64 Å². The Morgan fingerprint density at radius 3 is 2.31 bits per heavy atom. The molecular weight excluding hydrogens is 356 g/mol. The van der Waals surface area contributed by atoms with Gasteiger partial charge in [0.15, 0.2) is 6.61 Å². The van der Waals surface area contributed by atoms with Crippen LogP contribution in [0.1, 0.15) is 26.7 Å². The predicted molar refractivity (Wildman–Crippen MR) is 99.2 cm³/mol. The molecule has 0 radical (unpaired) electrons. The second-order valence-electron chi connectivity index (χ2n) is 6.16. The number of hydrogen-bond donors (Lipinski definition) is 0. The van der Waals surface area contributed by atoms with Crippen LogP contribution in [0.5, 0.6) is 0 Å². The number of amides is 1. The summed E-state index contributed by atoms with van der Waals surface area (Å²) in [6.07, 6.45) is 0.838. The van der Waals surface area contributed by atoms with E-state index >= 15 is 0 Å². The Morgan fingerprint density at radius 2 is 1.77 bits per heavy atom. The number of esters is 1. The van der Waals surface area contributed by atoms with E-state index in [0.717, 1.165) is 5.69 Å². The van der Waals surface area contributed by atoms with Crippen molar-refractivity contribution in [1.29, 1.82) is 0 Å². The molecule has 0 saturated carbocycles. The lowest BCUT2D eigenvalue weighted by atomic mass is 9.98. The molecule has 0 bridgehead atoms. The molecule has 1 aliphatic heterocycles. The van der Waals surface area contributed by atoms with E-state index in [2.05, 4.69) is 0 Å². The van der Waals surface area contributed by atoms with Gasteiger partial charge in [0, 0.05) is 25.3 Å². The predicted octanol–water partition coefficient (Wildman–Crippen LogP) is 1.64. The molecule has 1 fully saturated rings. The Balaban J connectivity index is 1.84. The van der Waals surface area contributed by atoms with E-state index in [9.17, 15) is 18.0 Å². The molecule has 0 aromatic heterocycles. The molecule has 1 amide bonds. The maximum Gasteiger partial charge on any atom is 0.309 e. The summed E-state index contributed by atoms with van der Waals surface area (Å²) in [7, 11) is -3.22. The normalized spacial score (nSPS) is 16.2. The minimum Gasteiger partial charge on any atom is -0.455 e. The van der Waals surface area contributed by atoms with Crippen LogP contribution in [0.3, 0.4) is 0 Å². The third-order valence-corrected chi connectivity index (χ3v) is 6.45. The van der Waals surface area contributed by atoms with Gasteiger partial charge in [-0.2, -0.15) is 0 Å². The quantitative estimate of drug-likeness (QED) is 0.670. The van der Waals surface area contributed by atoms with Gasteiger partial charge in [-0.15, -0.1) is 0 Å². The zero-order chi connectivity index (χ0) is 19.2. The van der Waals surface area contributed by atoms with Crippen LogP contribution >= 0.6 is 0 Å². The zero-order valence-corrected chi connectivity index (χ0v) is 16.1. The van der Waals surface area contributed by atoms with Crippen LogP contribution in [0.25, 0.3) is 0 Å². The van der Waals surface area contributed by atoms with Crippen LogP contribution in [-0.2, 0) is 24.3 Å². The lowest BCUT2D eigenvalue weighted by Gasteiger charge is -2.29. The molecule has 1 heterocycles. The molecule has 26 heavy (non-hydrogen) atoms. The number of benzene rings is 1. The van der Waals surface area contributed by atoms with Crippen LogP contribution < -0.4 is 4.90 Å². The largest absolute Gasteiger partial charge is 0.455 e. The molecule has 0 unspecified atom stereocenters. The molecule has 1 aliphatic rings. The number of carbonyl (C=O) groups excluding carboxylic acids is 2. The van der Waals surface area contributed by atoms with E-state index in [4.69, 9.17) is 4.74 Å². The van der Waals surface area contributed by atoms with Gasteiger partial charge in [-0.1, -0.05) is 18.2 Å². The first-order valence-corrected chi connectivity index (χ1v) is 10.5. The Hall–Kier alpha value is -1.93.